The topological polar surface area (TPSA) is 38.9 Å². The van der Waals surface area contributed by atoms with Crippen LogP contribution in [0, 0.1) is 0 Å². The SMILES string of the molecule is CSCc1nc(C(C)C)c(CN)s1. The maximum Gasteiger partial charge on any atom is 0.103 e. The van der Waals surface area contributed by atoms with Crippen LogP contribution >= 0.6 is 23.1 Å². The summed E-state index contributed by atoms with van der Waals surface area (Å²) in [6, 6.07) is 0. The van der Waals surface area contributed by atoms with Crippen molar-refractivity contribution in [1.82, 2.24) is 4.98 Å². The Morgan fingerprint density at radius 2 is 2.23 bits per heavy atom. The lowest BCUT2D eigenvalue weighted by atomic mass is 10.1. The molecular weight excluding hydrogens is 200 g/mol. The van der Waals surface area contributed by atoms with E-state index in [-0.39, 0.29) is 0 Å². The zero-order chi connectivity index (χ0) is 9.84. The van der Waals surface area contributed by atoms with Crippen molar-refractivity contribution in [2.45, 2.75) is 32.1 Å². The van der Waals surface area contributed by atoms with Crippen LogP contribution in [0.1, 0.15) is 35.3 Å². The molecule has 1 heterocycles. The lowest BCUT2D eigenvalue weighted by Gasteiger charge is -2.01. The molecule has 0 atom stereocenters. The van der Waals surface area contributed by atoms with Gasteiger partial charge in [-0.25, -0.2) is 4.98 Å². The summed E-state index contributed by atoms with van der Waals surface area (Å²) in [7, 11) is 0. The number of hydrogen-bond donors (Lipinski definition) is 1. The first-order valence-electron chi connectivity index (χ1n) is 4.36. The third kappa shape index (κ3) is 2.69. The van der Waals surface area contributed by atoms with Gasteiger partial charge < -0.3 is 5.73 Å². The summed E-state index contributed by atoms with van der Waals surface area (Å²) in [6.07, 6.45) is 2.10. The molecule has 0 bridgehead atoms. The van der Waals surface area contributed by atoms with Gasteiger partial charge in [0, 0.05) is 17.2 Å². The highest BCUT2D eigenvalue weighted by Gasteiger charge is 2.12. The van der Waals surface area contributed by atoms with Crippen LogP contribution in [0.25, 0.3) is 0 Å². The minimum atomic E-state index is 0.491. The van der Waals surface area contributed by atoms with E-state index >= 15 is 0 Å². The van der Waals surface area contributed by atoms with Crippen LogP contribution in [0.5, 0.6) is 0 Å². The third-order valence-corrected chi connectivity index (χ3v) is 3.61. The number of thioether (sulfide) groups is 1. The Hall–Kier alpha value is -0.0600. The lowest BCUT2D eigenvalue weighted by molar-refractivity contribution is 0.808. The highest BCUT2D eigenvalue weighted by atomic mass is 32.2. The average molecular weight is 216 g/mol. The molecule has 0 saturated heterocycles. The first-order valence-corrected chi connectivity index (χ1v) is 6.57. The standard InChI is InChI=1S/C9H16N2S2/c1-6(2)9-7(4-10)13-8(11-9)5-12-3/h6H,4-5,10H2,1-3H3. The molecule has 4 heteroatoms. The van der Waals surface area contributed by atoms with Crippen molar-refractivity contribution < 1.29 is 0 Å². The summed E-state index contributed by atoms with van der Waals surface area (Å²) < 4.78 is 0. The van der Waals surface area contributed by atoms with Gasteiger partial charge in [0.2, 0.25) is 0 Å². The number of hydrogen-bond acceptors (Lipinski definition) is 4. The number of aromatic nitrogens is 1. The summed E-state index contributed by atoms with van der Waals surface area (Å²) in [6.45, 7) is 4.95. The van der Waals surface area contributed by atoms with Crippen molar-refractivity contribution in [3.05, 3.63) is 15.6 Å². The van der Waals surface area contributed by atoms with Gasteiger partial charge in [-0.2, -0.15) is 11.8 Å². The second kappa shape index (κ2) is 4.98. The van der Waals surface area contributed by atoms with E-state index in [0.717, 1.165) is 5.75 Å². The van der Waals surface area contributed by atoms with Crippen molar-refractivity contribution in [2.24, 2.45) is 5.73 Å². The van der Waals surface area contributed by atoms with Crippen LogP contribution in [-0.4, -0.2) is 11.2 Å². The molecular formula is C9H16N2S2. The fraction of sp³-hybridized carbons (Fsp3) is 0.667. The molecule has 1 aromatic heterocycles. The molecule has 2 N–H and O–H groups in total. The molecule has 13 heavy (non-hydrogen) atoms. The highest BCUT2D eigenvalue weighted by molar-refractivity contribution is 7.97. The Bertz CT molecular complexity index is 269. The molecule has 0 unspecified atom stereocenters. The summed E-state index contributed by atoms with van der Waals surface area (Å²) in [5.41, 5.74) is 6.85. The zero-order valence-electron chi connectivity index (χ0n) is 8.33. The minimum absolute atomic E-state index is 0.491. The second-order valence-corrected chi connectivity index (χ2v) is 5.24. The van der Waals surface area contributed by atoms with Crippen LogP contribution in [0.15, 0.2) is 0 Å². The normalized spacial score (nSPS) is 11.2. The van der Waals surface area contributed by atoms with Crippen LogP contribution in [0.4, 0.5) is 0 Å². The Morgan fingerprint density at radius 1 is 1.54 bits per heavy atom. The van der Waals surface area contributed by atoms with Gasteiger partial charge in [0.05, 0.1) is 5.69 Å². The number of nitrogens with two attached hydrogens (primary N) is 1. The van der Waals surface area contributed by atoms with Crippen LogP contribution in [-0.2, 0) is 12.3 Å². The van der Waals surface area contributed by atoms with Gasteiger partial charge in [-0.05, 0) is 12.2 Å². The third-order valence-electron chi connectivity index (χ3n) is 1.77. The molecule has 0 aliphatic heterocycles. The molecule has 1 aromatic rings. The van der Waals surface area contributed by atoms with Crippen LogP contribution in [0.3, 0.4) is 0 Å². The molecule has 74 valence electrons. The quantitative estimate of drug-likeness (QED) is 0.841. The Labute approximate surface area is 87.9 Å². The van der Waals surface area contributed by atoms with Crippen molar-refractivity contribution in [1.29, 1.82) is 0 Å². The summed E-state index contributed by atoms with van der Waals surface area (Å²) in [5.74, 6) is 1.50. The van der Waals surface area contributed by atoms with Gasteiger partial charge in [0.25, 0.3) is 0 Å². The van der Waals surface area contributed by atoms with Crippen molar-refractivity contribution in [2.75, 3.05) is 6.26 Å². The van der Waals surface area contributed by atoms with Gasteiger partial charge >= 0.3 is 0 Å². The molecule has 0 aliphatic rings. The molecule has 2 nitrogen and oxygen atoms in total. The van der Waals surface area contributed by atoms with E-state index in [1.807, 2.05) is 0 Å². The van der Waals surface area contributed by atoms with Gasteiger partial charge in [0.1, 0.15) is 5.01 Å². The second-order valence-electron chi connectivity index (χ2n) is 3.21. The van der Waals surface area contributed by atoms with E-state index < -0.39 is 0 Å². The van der Waals surface area contributed by atoms with E-state index in [9.17, 15) is 0 Å². The molecule has 0 fully saturated rings. The average Bonchev–Trinajstić information content (AvgIpc) is 2.48. The van der Waals surface area contributed by atoms with Gasteiger partial charge in [-0.3, -0.25) is 0 Å². The lowest BCUT2D eigenvalue weighted by Crippen LogP contribution is -1.99. The molecule has 1 rings (SSSR count). The molecule has 0 amide bonds. The van der Waals surface area contributed by atoms with Crippen molar-refractivity contribution >= 4 is 23.1 Å². The first kappa shape index (κ1) is 11.0. The molecule has 0 aromatic carbocycles. The molecule has 0 aliphatic carbocycles. The van der Waals surface area contributed by atoms with Gasteiger partial charge in [-0.15, -0.1) is 11.3 Å². The largest absolute Gasteiger partial charge is 0.326 e. The van der Waals surface area contributed by atoms with E-state index in [1.165, 1.54) is 15.6 Å². The predicted octanol–water partition coefficient (Wildman–Crippen LogP) is 2.59. The monoisotopic (exact) mass is 216 g/mol. The number of thiazole rings is 1. The van der Waals surface area contributed by atoms with Crippen LogP contribution < -0.4 is 5.73 Å². The predicted molar refractivity (Wildman–Crippen MR) is 61.3 cm³/mol. The Balaban J connectivity index is 2.90. The zero-order valence-corrected chi connectivity index (χ0v) is 9.97. The number of nitrogens with zero attached hydrogens (tertiary/aromatic N) is 1. The highest BCUT2D eigenvalue weighted by Crippen LogP contribution is 2.26. The fourth-order valence-corrected chi connectivity index (χ4v) is 2.99. The van der Waals surface area contributed by atoms with E-state index in [2.05, 4.69) is 25.1 Å². The first-order chi connectivity index (χ1) is 6.19. The molecule has 0 radical (unpaired) electrons. The maximum atomic E-state index is 5.66. The fourth-order valence-electron chi connectivity index (χ4n) is 1.20. The van der Waals surface area contributed by atoms with E-state index in [4.69, 9.17) is 5.73 Å². The summed E-state index contributed by atoms with van der Waals surface area (Å²) in [4.78, 5) is 5.84. The van der Waals surface area contributed by atoms with Crippen molar-refractivity contribution in [3.8, 4) is 0 Å². The van der Waals surface area contributed by atoms with Gasteiger partial charge in [-0.1, -0.05) is 13.8 Å². The Kier molecular flexibility index (Phi) is 4.22. The summed E-state index contributed by atoms with van der Waals surface area (Å²) >= 11 is 3.56. The van der Waals surface area contributed by atoms with E-state index in [1.54, 1.807) is 23.1 Å². The maximum absolute atomic E-state index is 5.66. The minimum Gasteiger partial charge on any atom is -0.326 e. The van der Waals surface area contributed by atoms with Gasteiger partial charge in [0.15, 0.2) is 0 Å². The van der Waals surface area contributed by atoms with E-state index in [0.29, 0.717) is 12.5 Å². The Morgan fingerprint density at radius 3 is 2.62 bits per heavy atom. The molecule has 0 spiro atoms. The van der Waals surface area contributed by atoms with Crippen molar-refractivity contribution in [3.63, 3.8) is 0 Å². The number of rotatable bonds is 4. The molecule has 0 saturated carbocycles. The van der Waals surface area contributed by atoms with Crippen LogP contribution in [0.2, 0.25) is 0 Å². The summed E-state index contributed by atoms with van der Waals surface area (Å²) in [5, 5.41) is 1.21. The smallest absolute Gasteiger partial charge is 0.103 e.